The zero-order chi connectivity index (χ0) is 24.7. The molecule has 0 aliphatic rings. The first-order valence-corrected chi connectivity index (χ1v) is 10.0. The first-order valence-electron chi connectivity index (χ1n) is 10.0. The van der Waals surface area contributed by atoms with Crippen LogP contribution >= 0.6 is 0 Å². The molecule has 0 radical (unpaired) electrons. The van der Waals surface area contributed by atoms with Crippen molar-refractivity contribution in [3.8, 4) is 0 Å². The van der Waals surface area contributed by atoms with E-state index in [1.165, 1.54) is 0 Å². The summed E-state index contributed by atoms with van der Waals surface area (Å²) in [5, 5.41) is 24.3. The zero-order valence-corrected chi connectivity index (χ0v) is 17.7. The maximum Gasteiger partial charge on any atom is 0.322 e. The first-order chi connectivity index (χ1) is 15.0. The average Bonchev–Trinajstić information content (AvgIpc) is 2.71. The van der Waals surface area contributed by atoms with Crippen LogP contribution in [0.2, 0.25) is 0 Å². The van der Waals surface area contributed by atoms with Crippen LogP contribution in [0.15, 0.2) is 0 Å². The third-order valence-corrected chi connectivity index (χ3v) is 4.31. The van der Waals surface area contributed by atoms with E-state index in [-0.39, 0.29) is 32.1 Å². The molecule has 0 aliphatic carbocycles. The van der Waals surface area contributed by atoms with Gasteiger partial charge in [0.2, 0.25) is 23.6 Å². The van der Waals surface area contributed by atoms with Gasteiger partial charge in [-0.2, -0.15) is 0 Å². The Morgan fingerprint density at radius 1 is 0.750 bits per heavy atom. The summed E-state index contributed by atoms with van der Waals surface area (Å²) in [5.41, 5.74) is 16.2. The minimum atomic E-state index is -1.28. The molecule has 0 bridgehead atoms. The molecule has 3 unspecified atom stereocenters. The van der Waals surface area contributed by atoms with E-state index in [4.69, 9.17) is 27.4 Å². The highest BCUT2D eigenvalue weighted by Crippen LogP contribution is 2.05. The number of hydrogen-bond donors (Lipinski definition) is 8. The van der Waals surface area contributed by atoms with Gasteiger partial charge in [-0.1, -0.05) is 0 Å². The number of aliphatic carboxylic acids is 2. The summed E-state index contributed by atoms with van der Waals surface area (Å²) < 4.78 is 0. The van der Waals surface area contributed by atoms with E-state index < -0.39 is 60.2 Å². The number of primary amides is 1. The van der Waals surface area contributed by atoms with E-state index in [2.05, 4.69) is 16.0 Å². The van der Waals surface area contributed by atoms with Crippen molar-refractivity contribution in [2.24, 2.45) is 17.2 Å². The maximum atomic E-state index is 12.7. The molecule has 4 amide bonds. The molecule has 14 heteroatoms. The van der Waals surface area contributed by atoms with Crippen LogP contribution in [-0.4, -0.2) is 77.0 Å². The summed E-state index contributed by atoms with van der Waals surface area (Å²) in [7, 11) is 0. The van der Waals surface area contributed by atoms with Crippen molar-refractivity contribution >= 4 is 35.6 Å². The molecule has 0 saturated carbocycles. The van der Waals surface area contributed by atoms with Crippen LogP contribution in [0.3, 0.4) is 0 Å². The van der Waals surface area contributed by atoms with Crippen LogP contribution in [0.4, 0.5) is 0 Å². The predicted octanol–water partition coefficient (Wildman–Crippen LogP) is -3.26. The van der Waals surface area contributed by atoms with Gasteiger partial charge in [-0.25, -0.2) is 0 Å². The lowest BCUT2D eigenvalue weighted by molar-refractivity contribution is -0.139. The third-order valence-electron chi connectivity index (χ3n) is 4.31. The van der Waals surface area contributed by atoms with Gasteiger partial charge in [0.1, 0.15) is 18.6 Å². The summed E-state index contributed by atoms with van der Waals surface area (Å²) in [5.74, 6) is -5.52. The Kier molecular flexibility index (Phi) is 13.9. The number of nitrogens with one attached hydrogen (secondary N) is 3. The number of amides is 4. The number of carboxylic acid groups (broad SMARTS) is 2. The number of nitrogens with two attached hydrogens (primary N) is 3. The Bertz CT molecular complexity index is 686. The molecule has 0 saturated heterocycles. The molecular weight excluding hydrogens is 428 g/mol. The molecule has 0 aromatic carbocycles. The highest BCUT2D eigenvalue weighted by molar-refractivity contribution is 5.94. The number of rotatable bonds is 17. The van der Waals surface area contributed by atoms with Crippen molar-refractivity contribution in [3.05, 3.63) is 0 Å². The van der Waals surface area contributed by atoms with Crippen LogP contribution in [-0.2, 0) is 28.8 Å². The number of carbonyl (C=O) groups excluding carboxylic acids is 4. The van der Waals surface area contributed by atoms with Crippen LogP contribution < -0.4 is 33.2 Å². The maximum absolute atomic E-state index is 12.7. The van der Waals surface area contributed by atoms with Crippen molar-refractivity contribution in [1.29, 1.82) is 0 Å². The summed E-state index contributed by atoms with van der Waals surface area (Å²) in [6.45, 7) is -0.300. The van der Waals surface area contributed by atoms with Gasteiger partial charge in [0.05, 0.1) is 6.04 Å². The average molecular weight is 460 g/mol. The fourth-order valence-electron chi connectivity index (χ4n) is 2.56. The monoisotopic (exact) mass is 460 g/mol. The fourth-order valence-corrected chi connectivity index (χ4v) is 2.56. The second-order valence-electron chi connectivity index (χ2n) is 7.06. The van der Waals surface area contributed by atoms with Crippen LogP contribution in [0, 0.1) is 0 Å². The van der Waals surface area contributed by atoms with Gasteiger partial charge in [-0.05, 0) is 38.6 Å². The molecule has 182 valence electrons. The van der Waals surface area contributed by atoms with E-state index in [1.54, 1.807) is 0 Å². The highest BCUT2D eigenvalue weighted by Gasteiger charge is 2.28. The van der Waals surface area contributed by atoms with E-state index in [0.717, 1.165) is 0 Å². The zero-order valence-electron chi connectivity index (χ0n) is 17.7. The molecule has 32 heavy (non-hydrogen) atoms. The molecule has 0 rings (SSSR count). The van der Waals surface area contributed by atoms with Gasteiger partial charge < -0.3 is 43.4 Å². The summed E-state index contributed by atoms with van der Waals surface area (Å²) in [6, 6.07) is -3.61. The molecular formula is C18H32N6O8. The highest BCUT2D eigenvalue weighted by atomic mass is 16.4. The second kappa shape index (κ2) is 15.5. The Morgan fingerprint density at radius 2 is 1.34 bits per heavy atom. The Morgan fingerprint density at radius 3 is 1.88 bits per heavy atom. The van der Waals surface area contributed by atoms with Gasteiger partial charge in [0.15, 0.2) is 0 Å². The van der Waals surface area contributed by atoms with Crippen molar-refractivity contribution in [3.63, 3.8) is 0 Å². The van der Waals surface area contributed by atoms with Crippen LogP contribution in [0.1, 0.15) is 44.9 Å². The van der Waals surface area contributed by atoms with E-state index in [9.17, 15) is 28.8 Å². The van der Waals surface area contributed by atoms with Gasteiger partial charge in [-0.3, -0.25) is 28.8 Å². The number of carbonyl (C=O) groups is 6. The summed E-state index contributed by atoms with van der Waals surface area (Å²) in [4.78, 5) is 69.7. The Balaban J connectivity index is 5.28. The lowest BCUT2D eigenvalue weighted by atomic mass is 10.1. The minimum Gasteiger partial charge on any atom is -0.481 e. The molecule has 11 N–H and O–H groups in total. The van der Waals surface area contributed by atoms with Gasteiger partial charge in [-0.15, -0.1) is 0 Å². The van der Waals surface area contributed by atoms with Gasteiger partial charge in [0, 0.05) is 12.8 Å². The topological polar surface area (TPSA) is 257 Å². The lowest BCUT2D eigenvalue weighted by Gasteiger charge is -2.24. The molecule has 0 fully saturated rings. The quantitative estimate of drug-likeness (QED) is 0.100. The summed E-state index contributed by atoms with van der Waals surface area (Å²) in [6.07, 6.45) is 0.184. The number of unbranched alkanes of at least 4 members (excludes halogenated alkanes) is 1. The lowest BCUT2D eigenvalue weighted by Crippen LogP contribution is -2.56. The Hall–Kier alpha value is -3.26. The minimum absolute atomic E-state index is 0.156. The van der Waals surface area contributed by atoms with E-state index in [0.29, 0.717) is 19.4 Å². The molecule has 0 aromatic rings. The normalized spacial score (nSPS) is 13.3. The smallest absolute Gasteiger partial charge is 0.322 e. The van der Waals surface area contributed by atoms with Crippen LogP contribution in [0.5, 0.6) is 0 Å². The van der Waals surface area contributed by atoms with Gasteiger partial charge >= 0.3 is 11.9 Å². The first kappa shape index (κ1) is 28.7. The number of carboxylic acids is 2. The fraction of sp³-hybridized carbons (Fsp3) is 0.667. The van der Waals surface area contributed by atoms with Crippen molar-refractivity contribution in [2.75, 3.05) is 13.1 Å². The third kappa shape index (κ3) is 13.1. The standard InChI is InChI=1S/C18H32N6O8/c19-8-2-1-3-11(17(31)22-9-15(28)29)24-18(32)12(5-6-13(21)25)23-16(30)10(20)4-7-14(26)27/h10-12H,1-9,19-20H2,(H2,21,25)(H,22,31)(H,23,30)(H,24,32)(H,26,27)(H,28,29). The molecule has 3 atom stereocenters. The van der Waals surface area contributed by atoms with Gasteiger partial charge in [0.25, 0.3) is 0 Å². The molecule has 14 nitrogen and oxygen atoms in total. The molecule has 0 heterocycles. The molecule has 0 aromatic heterocycles. The second-order valence-corrected chi connectivity index (χ2v) is 7.06. The van der Waals surface area contributed by atoms with Crippen molar-refractivity contribution in [2.45, 2.75) is 63.1 Å². The van der Waals surface area contributed by atoms with Crippen molar-refractivity contribution in [1.82, 2.24) is 16.0 Å². The van der Waals surface area contributed by atoms with Crippen LogP contribution in [0.25, 0.3) is 0 Å². The Labute approximate surface area is 184 Å². The SMILES string of the molecule is NCCCCC(NC(=O)C(CCC(N)=O)NC(=O)C(N)CCC(=O)O)C(=O)NCC(=O)O. The van der Waals surface area contributed by atoms with E-state index >= 15 is 0 Å². The largest absolute Gasteiger partial charge is 0.481 e. The van der Waals surface area contributed by atoms with Crippen molar-refractivity contribution < 1.29 is 39.0 Å². The number of hydrogen-bond acceptors (Lipinski definition) is 8. The molecule has 0 aliphatic heterocycles. The molecule has 0 spiro atoms. The van der Waals surface area contributed by atoms with E-state index in [1.807, 2.05) is 0 Å². The summed E-state index contributed by atoms with van der Waals surface area (Å²) >= 11 is 0. The predicted molar refractivity (Wildman–Crippen MR) is 111 cm³/mol.